The first-order valence-corrected chi connectivity index (χ1v) is 38.8. The molecule has 1 N–H and O–H groups in total. The summed E-state index contributed by atoms with van der Waals surface area (Å²) in [5.41, 5.74) is 0. The number of phosphoric ester groups is 1. The van der Waals surface area contributed by atoms with Crippen molar-refractivity contribution in [2.75, 3.05) is 47.5 Å². The molecule has 0 fully saturated rings. The average molecular weight is 1250 g/mol. The first-order chi connectivity index (χ1) is 43.0. The molecule has 10 heteroatoms. The van der Waals surface area contributed by atoms with Gasteiger partial charge in [-0.3, -0.25) is 18.6 Å². The van der Waals surface area contributed by atoms with Crippen LogP contribution in [0.1, 0.15) is 348 Å². The van der Waals surface area contributed by atoms with Gasteiger partial charge in [0.2, 0.25) is 0 Å². The Morgan fingerprint density at radius 1 is 0.364 bits per heavy atom. The lowest BCUT2D eigenvalue weighted by atomic mass is 10.0. The van der Waals surface area contributed by atoms with E-state index in [1.807, 2.05) is 21.1 Å². The lowest BCUT2D eigenvalue weighted by Crippen LogP contribution is -2.37. The van der Waals surface area contributed by atoms with Gasteiger partial charge in [-0.15, -0.1) is 0 Å². The van der Waals surface area contributed by atoms with Crippen molar-refractivity contribution in [2.24, 2.45) is 0 Å². The van der Waals surface area contributed by atoms with Gasteiger partial charge in [-0.1, -0.05) is 330 Å². The third-order valence-electron chi connectivity index (χ3n) is 16.4. The summed E-state index contributed by atoms with van der Waals surface area (Å²) >= 11 is 0. The predicted octanol–water partition coefficient (Wildman–Crippen LogP) is 24.5. The zero-order chi connectivity index (χ0) is 64.1. The van der Waals surface area contributed by atoms with E-state index in [1.54, 1.807) is 0 Å². The van der Waals surface area contributed by atoms with E-state index in [9.17, 15) is 19.0 Å². The number of carbonyl (C=O) groups excluding carboxylic acids is 2. The van der Waals surface area contributed by atoms with E-state index in [2.05, 4.69) is 98.9 Å². The summed E-state index contributed by atoms with van der Waals surface area (Å²) in [6.07, 6.45) is 94.2. The molecule has 0 heterocycles. The van der Waals surface area contributed by atoms with Crippen molar-refractivity contribution in [3.63, 3.8) is 0 Å². The number of likely N-dealkylation sites (N-methyl/N-ethyl adjacent to an activating group) is 1. The van der Waals surface area contributed by atoms with Crippen LogP contribution < -0.4 is 0 Å². The van der Waals surface area contributed by atoms with Gasteiger partial charge >= 0.3 is 19.8 Å². The molecule has 0 aliphatic heterocycles. The third kappa shape index (κ3) is 72.3. The molecule has 2 atom stereocenters. The molecule has 0 saturated heterocycles. The second kappa shape index (κ2) is 68.6. The Morgan fingerprint density at radius 2 is 0.648 bits per heavy atom. The molecule has 0 bridgehead atoms. The minimum atomic E-state index is -4.40. The topological polar surface area (TPSA) is 108 Å². The molecule has 0 aromatic rings. The number of quaternary nitrogens is 1. The Morgan fingerprint density at radius 3 is 0.966 bits per heavy atom. The molecule has 0 aromatic carbocycles. The van der Waals surface area contributed by atoms with Crippen molar-refractivity contribution in [2.45, 2.75) is 354 Å². The van der Waals surface area contributed by atoms with Gasteiger partial charge in [0, 0.05) is 12.8 Å². The largest absolute Gasteiger partial charge is 0.472 e. The normalized spacial score (nSPS) is 13.6. The van der Waals surface area contributed by atoms with E-state index >= 15 is 0 Å². The lowest BCUT2D eigenvalue weighted by molar-refractivity contribution is -0.870. The van der Waals surface area contributed by atoms with E-state index in [4.69, 9.17) is 18.5 Å². The number of rotatable bonds is 69. The first-order valence-electron chi connectivity index (χ1n) is 37.3. The number of ether oxygens (including phenoxy) is 2. The molecule has 9 nitrogen and oxygen atoms in total. The van der Waals surface area contributed by atoms with Crippen LogP contribution in [0.3, 0.4) is 0 Å². The lowest BCUT2D eigenvalue weighted by Gasteiger charge is -2.24. The number of esters is 2. The molecular formula is C78H143NO8P+. The quantitative estimate of drug-likeness (QED) is 0.0211. The highest BCUT2D eigenvalue weighted by molar-refractivity contribution is 7.47. The molecular weight excluding hydrogens is 1110 g/mol. The van der Waals surface area contributed by atoms with Crippen LogP contribution in [0.2, 0.25) is 0 Å². The van der Waals surface area contributed by atoms with Gasteiger partial charge in [-0.05, 0) is 89.9 Å². The van der Waals surface area contributed by atoms with E-state index in [-0.39, 0.29) is 25.6 Å². The van der Waals surface area contributed by atoms with Crippen molar-refractivity contribution in [1.29, 1.82) is 0 Å². The highest BCUT2D eigenvalue weighted by atomic mass is 31.2. The molecule has 0 radical (unpaired) electrons. The van der Waals surface area contributed by atoms with Gasteiger partial charge in [-0.25, -0.2) is 4.57 Å². The zero-order valence-electron chi connectivity index (χ0n) is 58.5. The maximum absolute atomic E-state index is 12.9. The smallest absolute Gasteiger partial charge is 0.462 e. The monoisotopic (exact) mass is 1250 g/mol. The molecule has 2 unspecified atom stereocenters. The number of nitrogens with zero attached hydrogens (tertiary/aromatic N) is 1. The van der Waals surface area contributed by atoms with Crippen molar-refractivity contribution in [3.05, 3.63) is 85.1 Å². The van der Waals surface area contributed by atoms with Gasteiger partial charge in [-0.2, -0.15) is 0 Å². The Balaban J connectivity index is 3.96. The van der Waals surface area contributed by atoms with Crippen LogP contribution in [0.4, 0.5) is 0 Å². The SMILES string of the molecule is CC/C=C\C/C=C\C/C=C\C/C=C\CCCCCCCCCCCCCCCCC(=O)OC(COC(=O)CCCCCCCCCCCCCCCCCCCCCCCC/C=C\C/C=C\C/C=C\CCCCCCC)COP(=O)(O)OCC[N+](C)(C)C. The van der Waals surface area contributed by atoms with Gasteiger partial charge < -0.3 is 18.9 Å². The second-order valence-corrected chi connectivity index (χ2v) is 27.8. The van der Waals surface area contributed by atoms with Gasteiger partial charge in [0.05, 0.1) is 27.7 Å². The second-order valence-electron chi connectivity index (χ2n) is 26.3. The summed E-state index contributed by atoms with van der Waals surface area (Å²) in [4.78, 5) is 35.9. The van der Waals surface area contributed by atoms with Crippen molar-refractivity contribution < 1.29 is 42.1 Å². The summed E-state index contributed by atoms with van der Waals surface area (Å²) in [5, 5.41) is 0. The Bertz CT molecular complexity index is 1760. The van der Waals surface area contributed by atoms with Gasteiger partial charge in [0.25, 0.3) is 0 Å². The van der Waals surface area contributed by atoms with E-state index < -0.39 is 26.5 Å². The molecule has 0 amide bonds. The highest BCUT2D eigenvalue weighted by Crippen LogP contribution is 2.43. The number of phosphoric acid groups is 1. The van der Waals surface area contributed by atoms with Crippen LogP contribution in [-0.2, 0) is 32.7 Å². The predicted molar refractivity (Wildman–Crippen MR) is 381 cm³/mol. The van der Waals surface area contributed by atoms with Crippen molar-refractivity contribution >= 4 is 19.8 Å². The fourth-order valence-corrected chi connectivity index (χ4v) is 11.5. The minimum Gasteiger partial charge on any atom is -0.462 e. The number of unbranched alkanes of at least 4 members (excludes halogenated alkanes) is 41. The average Bonchev–Trinajstić information content (AvgIpc) is 3.60. The summed E-state index contributed by atoms with van der Waals surface area (Å²) < 4.78 is 34.8. The molecule has 0 aromatic heterocycles. The Kier molecular flexibility index (Phi) is 66.4. The van der Waals surface area contributed by atoms with Gasteiger partial charge in [0.1, 0.15) is 19.8 Å². The number of allylic oxidation sites excluding steroid dienone is 14. The fraction of sp³-hybridized carbons (Fsp3) is 0.795. The molecule has 0 saturated carbocycles. The van der Waals surface area contributed by atoms with E-state index in [1.165, 1.54) is 244 Å². The Hall–Kier alpha value is -2.81. The van der Waals surface area contributed by atoms with Crippen molar-refractivity contribution in [3.8, 4) is 0 Å². The standard InChI is InChI=1S/C78H142NO8P/c1-6-8-10-12-14-16-18-20-22-24-26-28-30-32-34-35-36-37-38-39-40-41-42-43-45-46-48-50-52-54-56-58-60-62-64-66-68-70-77(80)84-74-76(75-86-88(82,83)85-73-72-79(3,4)5)87-78(81)71-69-67-65-63-61-59-57-55-53-51-49-47-44-33-31-29-27-25-23-21-19-17-15-13-11-9-7-2/h9,11,15,17-18,20-21,23-24,26-27,29-30,32,76H,6-8,10,12-14,16,19,22,25,28,31,33-75H2,1-5H3/p+1/b11-9-,17-15-,20-18-,23-21-,26-24-,29-27-,32-30-. The van der Waals surface area contributed by atoms with Crippen LogP contribution >= 0.6 is 7.82 Å². The molecule has 88 heavy (non-hydrogen) atoms. The van der Waals surface area contributed by atoms with Crippen LogP contribution in [0.25, 0.3) is 0 Å². The number of carbonyl (C=O) groups is 2. The molecule has 512 valence electrons. The molecule has 0 aliphatic carbocycles. The first kappa shape index (κ1) is 85.2. The third-order valence-corrected chi connectivity index (χ3v) is 17.4. The van der Waals surface area contributed by atoms with E-state index in [0.717, 1.165) is 70.6 Å². The Labute approximate surface area is 545 Å². The molecule has 0 spiro atoms. The van der Waals surface area contributed by atoms with E-state index in [0.29, 0.717) is 23.9 Å². The summed E-state index contributed by atoms with van der Waals surface area (Å²) in [5.74, 6) is -0.784. The molecule has 0 rings (SSSR count). The van der Waals surface area contributed by atoms with Crippen molar-refractivity contribution in [1.82, 2.24) is 0 Å². The number of hydrogen-bond donors (Lipinski definition) is 1. The zero-order valence-corrected chi connectivity index (χ0v) is 59.4. The summed E-state index contributed by atoms with van der Waals surface area (Å²) in [7, 11) is 1.49. The van der Waals surface area contributed by atoms with Crippen LogP contribution in [0, 0.1) is 0 Å². The number of hydrogen-bond acceptors (Lipinski definition) is 7. The minimum absolute atomic E-state index is 0.0310. The maximum atomic E-state index is 12.9. The molecule has 0 aliphatic rings. The summed E-state index contributed by atoms with van der Waals surface area (Å²) in [6, 6.07) is 0. The maximum Gasteiger partial charge on any atom is 0.472 e. The van der Waals surface area contributed by atoms with Gasteiger partial charge in [0.15, 0.2) is 6.10 Å². The van der Waals surface area contributed by atoms with Crippen LogP contribution in [0.15, 0.2) is 85.1 Å². The van der Waals surface area contributed by atoms with Crippen LogP contribution in [-0.4, -0.2) is 74.9 Å². The van der Waals surface area contributed by atoms with Crippen LogP contribution in [0.5, 0.6) is 0 Å². The fourth-order valence-electron chi connectivity index (χ4n) is 10.7. The highest BCUT2D eigenvalue weighted by Gasteiger charge is 2.27. The summed E-state index contributed by atoms with van der Waals surface area (Å²) in [6.45, 7) is 4.35.